The predicted molar refractivity (Wildman–Crippen MR) is 199 cm³/mol. The molecule has 0 atom stereocenters. The molecule has 0 aliphatic carbocycles. The maximum atomic E-state index is 4.60. The van der Waals surface area contributed by atoms with Gasteiger partial charge in [-0.15, -0.1) is 12.3 Å². The number of nitrogens with two attached hydrogens (primary N) is 1. The Hall–Kier alpha value is -2.50. The lowest BCUT2D eigenvalue weighted by Crippen LogP contribution is -2.02. The van der Waals surface area contributed by atoms with Crippen molar-refractivity contribution in [1.29, 1.82) is 0 Å². The molecular formula is C39H76N2. The molecule has 0 aromatic heterocycles. The van der Waals surface area contributed by atoms with Crippen molar-refractivity contribution in [3.05, 3.63) is 83.2 Å². The van der Waals surface area contributed by atoms with Gasteiger partial charge in [-0.1, -0.05) is 141 Å². The summed E-state index contributed by atoms with van der Waals surface area (Å²) in [6, 6.07) is 0. The van der Waals surface area contributed by atoms with Crippen LogP contribution in [0.5, 0.6) is 0 Å². The van der Waals surface area contributed by atoms with Crippen LogP contribution in [0.1, 0.15) is 136 Å². The van der Waals surface area contributed by atoms with Crippen LogP contribution in [0, 0.1) is 17.8 Å². The van der Waals surface area contributed by atoms with Crippen LogP contribution >= 0.6 is 0 Å². The van der Waals surface area contributed by atoms with Gasteiger partial charge in [0.1, 0.15) is 0 Å². The van der Waals surface area contributed by atoms with Crippen molar-refractivity contribution in [2.24, 2.45) is 11.1 Å². The van der Waals surface area contributed by atoms with Crippen LogP contribution < -0.4 is 11.1 Å². The second-order valence-electron chi connectivity index (χ2n) is 10.3. The van der Waals surface area contributed by atoms with Crippen molar-refractivity contribution in [2.45, 2.75) is 136 Å². The van der Waals surface area contributed by atoms with Crippen molar-refractivity contribution >= 4 is 0 Å². The molecule has 242 valence electrons. The summed E-state index contributed by atoms with van der Waals surface area (Å²) >= 11 is 0. The smallest absolute Gasteiger partial charge is 0.00300 e. The zero-order valence-corrected chi connectivity index (χ0v) is 31.4. The highest BCUT2D eigenvalue weighted by Gasteiger charge is 2.06. The molecule has 0 rings (SSSR count). The van der Waals surface area contributed by atoms with Gasteiger partial charge in [-0.25, -0.2) is 0 Å². The fourth-order valence-electron chi connectivity index (χ4n) is 2.13. The fourth-order valence-corrected chi connectivity index (χ4v) is 2.13. The molecule has 0 heterocycles. The van der Waals surface area contributed by atoms with Gasteiger partial charge < -0.3 is 11.1 Å². The average molecular weight is 573 g/mol. The third-order valence-corrected chi connectivity index (χ3v) is 4.78. The Kier molecular flexibility index (Phi) is 59.2. The Morgan fingerprint density at radius 1 is 0.951 bits per heavy atom. The van der Waals surface area contributed by atoms with Gasteiger partial charge in [0.05, 0.1) is 0 Å². The zero-order valence-electron chi connectivity index (χ0n) is 31.4. The third-order valence-electron chi connectivity index (χ3n) is 4.78. The molecule has 0 bridgehead atoms. The van der Waals surface area contributed by atoms with E-state index >= 15 is 0 Å². The van der Waals surface area contributed by atoms with E-state index in [1.165, 1.54) is 48.7 Å². The summed E-state index contributed by atoms with van der Waals surface area (Å²) in [5, 5.41) is 2.98. The van der Waals surface area contributed by atoms with Crippen LogP contribution in [-0.2, 0) is 0 Å². The van der Waals surface area contributed by atoms with Gasteiger partial charge in [0, 0.05) is 12.7 Å². The van der Waals surface area contributed by atoms with Gasteiger partial charge in [-0.3, -0.25) is 0 Å². The number of rotatable bonds is 8. The molecule has 0 aliphatic rings. The predicted octanol–water partition coefficient (Wildman–Crippen LogP) is 12.5. The van der Waals surface area contributed by atoms with Gasteiger partial charge in [0.2, 0.25) is 0 Å². The van der Waals surface area contributed by atoms with Crippen molar-refractivity contribution in [3.8, 4) is 12.3 Å². The summed E-state index contributed by atoms with van der Waals surface area (Å²) in [7, 11) is 3.41. The molecule has 0 unspecified atom stereocenters. The average Bonchev–Trinajstić information content (AvgIpc) is 2.93. The van der Waals surface area contributed by atoms with Gasteiger partial charge in [0.15, 0.2) is 0 Å². The van der Waals surface area contributed by atoms with E-state index in [1.54, 1.807) is 6.92 Å². The summed E-state index contributed by atoms with van der Waals surface area (Å²) in [6.07, 6.45) is 21.7. The largest absolute Gasteiger partial charge is 0.392 e. The fraction of sp³-hybridized carbons (Fsp3) is 0.590. The van der Waals surface area contributed by atoms with Crippen LogP contribution in [0.3, 0.4) is 0 Å². The van der Waals surface area contributed by atoms with Gasteiger partial charge >= 0.3 is 0 Å². The van der Waals surface area contributed by atoms with Crippen molar-refractivity contribution in [3.63, 3.8) is 0 Å². The number of hydrogen-bond donors (Lipinski definition) is 2. The molecule has 3 N–H and O–H groups in total. The van der Waals surface area contributed by atoms with E-state index in [0.717, 1.165) is 17.6 Å². The van der Waals surface area contributed by atoms with Crippen molar-refractivity contribution < 1.29 is 0 Å². The van der Waals surface area contributed by atoms with E-state index in [-0.39, 0.29) is 0 Å². The molecule has 0 saturated carbocycles. The maximum absolute atomic E-state index is 4.60. The quantitative estimate of drug-likeness (QED) is 0.224. The molecule has 0 aromatic rings. The highest BCUT2D eigenvalue weighted by atomic mass is 14.8. The lowest BCUT2D eigenvalue weighted by atomic mass is 9.91. The number of allylic oxidation sites excluding steroid dienone is 12. The van der Waals surface area contributed by atoms with E-state index < -0.39 is 0 Å². The molecule has 0 spiro atoms. The van der Waals surface area contributed by atoms with Gasteiger partial charge in [-0.2, -0.15) is 0 Å². The van der Waals surface area contributed by atoms with E-state index in [4.69, 9.17) is 0 Å². The standard InChI is InChI=1S/C18H26.C7H16.C5H11N.C3H8.C3H4.C2H6.CH5N/c1-8-10-18(13-15(5)9-2)17(7)12-11-16(6)14(3)4;1-5-6-7(2,3)4;1-4-5(2)6-3;2*1-3-2;2*1-2/h8,10-13H,1,7,9H2,2-6H3;5-6H2,1-4H3;4,6H,1-3H3;3H2,1-2H3;1H,2H3;1-2H3;2H2,1H3/b12-11-,15-13+,18-10+;;5-4+;;;;. The third kappa shape index (κ3) is 62.5. The lowest BCUT2D eigenvalue weighted by molar-refractivity contribution is 0.373. The number of hydrogen-bond acceptors (Lipinski definition) is 2. The highest BCUT2D eigenvalue weighted by molar-refractivity contribution is 5.48. The normalized spacial score (nSPS) is 10.2. The molecule has 2 nitrogen and oxygen atoms in total. The molecule has 0 radical (unpaired) electrons. The van der Waals surface area contributed by atoms with E-state index in [0.29, 0.717) is 5.41 Å². The van der Waals surface area contributed by atoms with Gasteiger partial charge in [-0.05, 0) is 84.9 Å². The Balaban J connectivity index is -0.0000000826. The number of nitrogens with one attached hydrogen (secondary N) is 1. The second-order valence-corrected chi connectivity index (χ2v) is 10.3. The molecule has 0 amide bonds. The van der Waals surface area contributed by atoms with Crippen LogP contribution in [0.4, 0.5) is 0 Å². The Bertz CT molecular complexity index is 750. The Morgan fingerprint density at radius 3 is 1.56 bits per heavy atom. The molecule has 0 aliphatic heterocycles. The van der Waals surface area contributed by atoms with E-state index in [1.807, 2.05) is 53.0 Å². The summed E-state index contributed by atoms with van der Waals surface area (Å²) < 4.78 is 0. The molecule has 0 saturated heterocycles. The first-order valence-corrected chi connectivity index (χ1v) is 15.4. The van der Waals surface area contributed by atoms with Crippen molar-refractivity contribution in [2.75, 3.05) is 14.1 Å². The summed E-state index contributed by atoms with van der Waals surface area (Å²) in [5.74, 6) is 2.25. The van der Waals surface area contributed by atoms with Gasteiger partial charge in [0.25, 0.3) is 0 Å². The topological polar surface area (TPSA) is 38.0 Å². The molecule has 0 fully saturated rings. The Labute approximate surface area is 262 Å². The van der Waals surface area contributed by atoms with E-state index in [9.17, 15) is 0 Å². The van der Waals surface area contributed by atoms with E-state index in [2.05, 4.69) is 131 Å². The first kappa shape index (κ1) is 54.6. The van der Waals surface area contributed by atoms with Crippen LogP contribution in [-0.4, -0.2) is 14.1 Å². The summed E-state index contributed by atoms with van der Waals surface area (Å²) in [4.78, 5) is 0. The minimum Gasteiger partial charge on any atom is -0.392 e. The van der Waals surface area contributed by atoms with Crippen LogP contribution in [0.2, 0.25) is 0 Å². The molecule has 41 heavy (non-hydrogen) atoms. The summed E-state index contributed by atoms with van der Waals surface area (Å²) in [5.41, 5.74) is 12.4. The van der Waals surface area contributed by atoms with Crippen LogP contribution in [0.15, 0.2) is 83.2 Å². The first-order valence-electron chi connectivity index (χ1n) is 15.4. The second kappa shape index (κ2) is 44.5. The zero-order chi connectivity index (χ0) is 34.4. The van der Waals surface area contributed by atoms with Crippen LogP contribution in [0.25, 0.3) is 0 Å². The number of terminal acetylenes is 1. The minimum absolute atomic E-state index is 0.550. The SMILES string of the molecule is C#CC.C/C=C(\C)NC.C=C/C=C(\C=C(/C)CC)C(=C)/C=C\C(C)=C(C)C.CC.CCC.CCCC(C)(C)C.CN. The highest BCUT2D eigenvalue weighted by Crippen LogP contribution is 2.19. The molecule has 2 heteroatoms. The minimum atomic E-state index is 0.550. The Morgan fingerprint density at radius 2 is 1.37 bits per heavy atom. The molecular weight excluding hydrogens is 496 g/mol. The first-order chi connectivity index (χ1) is 19.1. The summed E-state index contributed by atoms with van der Waals surface area (Å²) in [6.45, 7) is 41.5. The monoisotopic (exact) mass is 573 g/mol. The maximum Gasteiger partial charge on any atom is 0.00300 e. The van der Waals surface area contributed by atoms with Crippen molar-refractivity contribution in [1.82, 2.24) is 5.32 Å². The lowest BCUT2D eigenvalue weighted by Gasteiger charge is -2.15. The molecule has 0 aromatic carbocycles.